The molecule has 84 heavy (non-hydrogen) atoms. The highest BCUT2D eigenvalue weighted by atomic mass is 16.5. The molecule has 0 saturated carbocycles. The van der Waals surface area contributed by atoms with Crippen LogP contribution in [0.2, 0.25) is 0 Å². The minimum absolute atomic E-state index is 0.0227. The minimum Gasteiger partial charge on any atom is -0.461 e. The molecule has 0 radical (unpaired) electrons. The first-order valence-corrected chi connectivity index (χ1v) is 26.8. The average Bonchev–Trinajstić information content (AvgIpc) is 3.22. The fraction of sp³-hybridized carbons (Fsp3) is 0.339. The van der Waals surface area contributed by atoms with Crippen molar-refractivity contribution < 1.29 is 14.3 Å². The fourth-order valence-electron chi connectivity index (χ4n) is 9.37. The molecule has 0 unspecified atom stereocenters. The van der Waals surface area contributed by atoms with Crippen LogP contribution in [0.3, 0.4) is 0 Å². The number of hydrogen-bond acceptors (Lipinski definition) is 18. The summed E-state index contributed by atoms with van der Waals surface area (Å²) in [4.78, 5) is 105. The summed E-state index contributed by atoms with van der Waals surface area (Å²) in [7, 11) is 0. The zero-order chi connectivity index (χ0) is 61.1. The summed E-state index contributed by atoms with van der Waals surface area (Å²) >= 11 is 0. The molecule has 0 bridgehead atoms. The van der Waals surface area contributed by atoms with Gasteiger partial charge in [0.05, 0.1) is 23.6 Å². The quantitative estimate of drug-likeness (QED) is 0.0996. The van der Waals surface area contributed by atoms with Crippen molar-refractivity contribution in [2.24, 2.45) is 0 Å². The van der Waals surface area contributed by atoms with Gasteiger partial charge in [0.15, 0.2) is 39.7 Å². The summed E-state index contributed by atoms with van der Waals surface area (Å²) in [5, 5.41) is 58.0. The number of aromatic amines is 5. The van der Waals surface area contributed by atoms with Gasteiger partial charge in [-0.2, -0.15) is 26.3 Å². The molecule has 28 heteroatoms. The number of aryl methyl sites for hydroxylation is 3. The van der Waals surface area contributed by atoms with E-state index in [0.29, 0.717) is 88.1 Å². The molecule has 0 fully saturated rings. The van der Waals surface area contributed by atoms with Gasteiger partial charge in [0, 0.05) is 65.4 Å². The Labute approximate surface area is 475 Å². The van der Waals surface area contributed by atoms with Crippen LogP contribution in [0.5, 0.6) is 0 Å². The molecule has 28 nitrogen and oxygen atoms in total. The first kappa shape index (κ1) is 60.3. The number of Topliss-reactive ketones (excluding diaryl/α,β-unsaturated/α-hetero) is 1. The molecular formula is C56H56N20O8. The van der Waals surface area contributed by atoms with Crippen molar-refractivity contribution in [3.8, 4) is 30.3 Å². The van der Waals surface area contributed by atoms with Crippen molar-refractivity contribution in [1.82, 2.24) is 73.0 Å². The van der Waals surface area contributed by atoms with E-state index in [-0.39, 0.29) is 80.4 Å². The Morgan fingerprint density at radius 2 is 0.845 bits per heavy atom. The maximum absolute atomic E-state index is 12.2. The van der Waals surface area contributed by atoms with Gasteiger partial charge in [-0.3, -0.25) is 54.3 Å². The lowest BCUT2D eigenvalue weighted by Gasteiger charge is -2.13. The van der Waals surface area contributed by atoms with Gasteiger partial charge in [-0.05, 0) is 71.6 Å². The number of H-pyrrole nitrogens is 5. The second kappa shape index (κ2) is 26.3. The van der Waals surface area contributed by atoms with E-state index in [4.69, 9.17) is 31.0 Å². The van der Waals surface area contributed by atoms with Crippen LogP contribution in [0.1, 0.15) is 161 Å². The van der Waals surface area contributed by atoms with Gasteiger partial charge in [0.2, 0.25) is 0 Å². The monoisotopic (exact) mass is 1140 g/mol. The van der Waals surface area contributed by atoms with Crippen LogP contribution in [0.4, 0.5) is 0 Å². The second-order valence-electron chi connectivity index (χ2n) is 18.4. The maximum atomic E-state index is 12.2. The van der Waals surface area contributed by atoms with Crippen molar-refractivity contribution >= 4 is 40.0 Å². The molecule has 428 valence electrons. The number of nitriles is 5. The summed E-state index contributed by atoms with van der Waals surface area (Å²) in [5.74, 6) is -0.833. The zero-order valence-corrected chi connectivity index (χ0v) is 47.1. The predicted octanol–water partition coefficient (Wildman–Crippen LogP) is 4.24. The number of rotatable bonds is 9. The molecule has 1 aliphatic carbocycles. The van der Waals surface area contributed by atoms with Crippen LogP contribution in [0.15, 0.2) is 55.0 Å². The molecule has 1 aliphatic rings. The lowest BCUT2D eigenvalue weighted by atomic mass is 9.97. The molecule has 11 rings (SSSR count). The third-order valence-corrected chi connectivity index (χ3v) is 13.7. The third kappa shape index (κ3) is 11.4. The first-order chi connectivity index (χ1) is 40.5. The number of nitrogens with zero attached hydrogens (tertiary/aromatic N) is 15. The molecule has 10 aromatic heterocycles. The number of carbonyl (C=O) groups excluding carboxylic acids is 2. The number of ether oxygens (including phenoxy) is 1. The van der Waals surface area contributed by atoms with Crippen molar-refractivity contribution in [3.63, 3.8) is 0 Å². The van der Waals surface area contributed by atoms with Crippen LogP contribution in [-0.4, -0.2) is 91.3 Å². The zero-order valence-electron chi connectivity index (χ0n) is 47.1. The van der Waals surface area contributed by atoms with Crippen LogP contribution in [0, 0.1) is 63.6 Å². The number of hydrogen-bond donors (Lipinski definition) is 5. The van der Waals surface area contributed by atoms with Crippen molar-refractivity contribution in [3.05, 3.63) is 167 Å². The van der Waals surface area contributed by atoms with E-state index >= 15 is 0 Å². The number of ketones is 1. The summed E-state index contributed by atoms with van der Waals surface area (Å²) < 4.78 is 11.2. The highest BCUT2D eigenvalue weighted by Crippen LogP contribution is 2.19. The second-order valence-corrected chi connectivity index (χ2v) is 18.4. The molecule has 10 heterocycles. The lowest BCUT2D eigenvalue weighted by Crippen LogP contribution is -2.25. The van der Waals surface area contributed by atoms with Crippen LogP contribution < -0.4 is 27.8 Å². The SMILES string of the molecule is CCC(=O)c1nc2c(C#N)c[nH]n2c(=O)c1CC.CCOC(=O)c1nc2c(C#N)c[nH]n2c(=O)c1CC.CCc1c(C)nc2c(C#N)c[nH]n2c1=O.CCc1nc2c(C#N)c[nH]n2c(=O)c1CC.N#Cc1c[nH]n2c(=O)c3c(nc12)CCCC3. The van der Waals surface area contributed by atoms with E-state index in [9.17, 15) is 33.6 Å². The van der Waals surface area contributed by atoms with Gasteiger partial charge in [0.1, 0.15) is 63.9 Å². The number of fused-ring (bicyclic) bond motifs is 6. The average molecular weight is 1140 g/mol. The van der Waals surface area contributed by atoms with Crippen molar-refractivity contribution in [2.75, 3.05) is 6.61 Å². The molecule has 0 atom stereocenters. The lowest BCUT2D eigenvalue weighted by molar-refractivity contribution is 0.0517. The Morgan fingerprint density at radius 3 is 1.26 bits per heavy atom. The molecule has 0 aliphatic heterocycles. The Hall–Kier alpha value is -11.3. The molecule has 10 aromatic rings. The smallest absolute Gasteiger partial charge is 0.357 e. The third-order valence-electron chi connectivity index (χ3n) is 13.7. The summed E-state index contributed by atoms with van der Waals surface area (Å²) in [6.07, 6.45) is 14.1. The molecule has 0 amide bonds. The van der Waals surface area contributed by atoms with Gasteiger partial charge in [-0.15, -0.1) is 0 Å². The molecular weight excluding hydrogens is 1080 g/mol. The van der Waals surface area contributed by atoms with E-state index in [1.165, 1.54) is 49.0 Å². The Balaban J connectivity index is 0.000000151. The van der Waals surface area contributed by atoms with Crippen molar-refractivity contribution in [1.29, 1.82) is 26.3 Å². The van der Waals surface area contributed by atoms with Gasteiger partial charge in [0.25, 0.3) is 27.8 Å². The topological polar surface area (TPSA) is 413 Å². The number of aromatic nitrogens is 15. The van der Waals surface area contributed by atoms with Crippen LogP contribution >= 0.6 is 0 Å². The first-order valence-electron chi connectivity index (χ1n) is 26.8. The van der Waals surface area contributed by atoms with Crippen LogP contribution in [-0.2, 0) is 49.7 Å². The van der Waals surface area contributed by atoms with Crippen molar-refractivity contribution in [2.45, 2.75) is 120 Å². The molecule has 0 saturated heterocycles. The van der Waals surface area contributed by atoms with E-state index in [1.807, 2.05) is 51.1 Å². The minimum atomic E-state index is -0.649. The Kier molecular flexibility index (Phi) is 18.9. The van der Waals surface area contributed by atoms with Gasteiger partial charge >= 0.3 is 5.97 Å². The van der Waals surface area contributed by atoms with E-state index in [2.05, 4.69) is 50.4 Å². The Bertz CT molecular complexity index is 4650. The number of nitrogens with one attached hydrogen (secondary N) is 5. The largest absolute Gasteiger partial charge is 0.461 e. The highest BCUT2D eigenvalue weighted by Gasteiger charge is 2.23. The van der Waals surface area contributed by atoms with Gasteiger partial charge in [-0.25, -0.2) is 52.3 Å². The number of carbonyl (C=O) groups is 2. The number of esters is 1. The summed E-state index contributed by atoms with van der Waals surface area (Å²) in [5.41, 5.74) is 7.61. The normalized spacial score (nSPS) is 11.3. The summed E-state index contributed by atoms with van der Waals surface area (Å²) in [6.45, 7) is 14.7. The van der Waals surface area contributed by atoms with E-state index < -0.39 is 11.5 Å². The standard InChI is InChI=1S/C12H12N4O3.C12H12N4O2.C11H10N4O.C11H12N4O.C10H10N4O/c1-3-8-9(12(18)19-4-2)15-10-7(5-13)6-14-16(10)11(8)17;1-3-8-10(9(17)4-2)15-11-7(5-13)6-14-16(11)12(8)18;12-5-7-6-13-15-10(7)14-9-4-2-1-3-8(9)11(15)16;1-3-8-9(4-2)14-10-7(5-12)6-13-15(10)11(8)16;1-3-8-6(2)13-9-7(4-11)5-12-14(9)10(8)15/h6,14H,3-4H2,1-2H3;6,14H,3-4H2,1-2H3;6,13H,1-4H2;6,13H,3-4H2,1-2H3;5,12H,3H2,1-2H3. The van der Waals surface area contributed by atoms with E-state index in [1.54, 1.807) is 34.6 Å². The van der Waals surface area contributed by atoms with Gasteiger partial charge < -0.3 is 4.74 Å². The maximum Gasteiger partial charge on any atom is 0.357 e. The van der Waals surface area contributed by atoms with Gasteiger partial charge in [-0.1, -0.05) is 41.5 Å². The molecule has 0 spiro atoms. The molecule has 0 aromatic carbocycles. The predicted molar refractivity (Wildman–Crippen MR) is 301 cm³/mol. The molecule has 5 N–H and O–H groups in total. The highest BCUT2D eigenvalue weighted by molar-refractivity contribution is 5.96. The summed E-state index contributed by atoms with van der Waals surface area (Å²) in [6, 6.07) is 9.87. The Morgan fingerprint density at radius 1 is 0.476 bits per heavy atom. The fourth-order valence-corrected chi connectivity index (χ4v) is 9.37. The van der Waals surface area contributed by atoms with E-state index in [0.717, 1.165) is 47.1 Å². The van der Waals surface area contributed by atoms with Crippen LogP contribution in [0.25, 0.3) is 28.2 Å².